The highest BCUT2D eigenvalue weighted by atomic mass is 16.5. The maximum absolute atomic E-state index is 12.4. The third-order valence-corrected chi connectivity index (χ3v) is 3.94. The van der Waals surface area contributed by atoms with Crippen molar-refractivity contribution < 1.29 is 9.53 Å². The van der Waals surface area contributed by atoms with Gasteiger partial charge in [0.15, 0.2) is 0 Å². The first-order valence-electron chi connectivity index (χ1n) is 7.24. The van der Waals surface area contributed by atoms with Gasteiger partial charge in [-0.3, -0.25) is 4.79 Å². The van der Waals surface area contributed by atoms with Crippen molar-refractivity contribution in [3.8, 4) is 0 Å². The Balaban J connectivity index is 1.74. The number of fused-ring (bicyclic) bond motifs is 1. The molecule has 0 saturated heterocycles. The minimum atomic E-state index is -0.0188. The van der Waals surface area contributed by atoms with Gasteiger partial charge in [-0.25, -0.2) is 0 Å². The van der Waals surface area contributed by atoms with E-state index in [1.807, 2.05) is 30.3 Å². The summed E-state index contributed by atoms with van der Waals surface area (Å²) in [6, 6.07) is 16.0. The molecule has 3 heteroatoms. The second-order valence-electron chi connectivity index (χ2n) is 5.40. The normalized spacial score (nSPS) is 16.5. The Bertz CT molecular complexity index is 651. The molecule has 1 aliphatic carbocycles. The van der Waals surface area contributed by atoms with Crippen molar-refractivity contribution in [2.75, 3.05) is 7.11 Å². The van der Waals surface area contributed by atoms with Gasteiger partial charge in [0.25, 0.3) is 5.91 Å². The summed E-state index contributed by atoms with van der Waals surface area (Å²) in [5, 5.41) is 3.14. The number of methoxy groups -OCH3 is 1. The largest absolute Gasteiger partial charge is 0.380 e. The summed E-state index contributed by atoms with van der Waals surface area (Å²) in [6.45, 7) is 0.521. The molecule has 0 spiro atoms. The lowest BCUT2D eigenvalue weighted by Gasteiger charge is -2.14. The van der Waals surface area contributed by atoms with Gasteiger partial charge < -0.3 is 10.1 Å². The first-order chi connectivity index (χ1) is 10.3. The minimum absolute atomic E-state index is 0.0188. The number of aryl methyl sites for hydroxylation is 1. The Morgan fingerprint density at radius 3 is 2.95 bits per heavy atom. The summed E-state index contributed by atoms with van der Waals surface area (Å²) >= 11 is 0. The number of amides is 1. The van der Waals surface area contributed by atoms with Crippen molar-refractivity contribution in [2.24, 2.45) is 0 Å². The van der Waals surface area contributed by atoms with E-state index in [9.17, 15) is 4.79 Å². The Labute approximate surface area is 124 Å². The van der Waals surface area contributed by atoms with Crippen LogP contribution in [0.3, 0.4) is 0 Å². The number of rotatable bonds is 4. The van der Waals surface area contributed by atoms with Crippen LogP contribution in [0.4, 0.5) is 0 Å². The Hall–Kier alpha value is -2.13. The van der Waals surface area contributed by atoms with Crippen LogP contribution >= 0.6 is 0 Å². The third kappa shape index (κ3) is 2.98. The molecule has 1 N–H and O–H groups in total. The maximum Gasteiger partial charge on any atom is 0.251 e. The SMILES string of the molecule is COCc1cccc(C(=O)NC2CCc3ccccc32)c1. The number of hydrogen-bond acceptors (Lipinski definition) is 2. The Kier molecular flexibility index (Phi) is 4.02. The van der Waals surface area contributed by atoms with Crippen LogP contribution in [0.1, 0.15) is 39.5 Å². The van der Waals surface area contributed by atoms with E-state index in [4.69, 9.17) is 4.74 Å². The second kappa shape index (κ2) is 6.10. The van der Waals surface area contributed by atoms with Crippen molar-refractivity contribution in [2.45, 2.75) is 25.5 Å². The van der Waals surface area contributed by atoms with Gasteiger partial charge in [0.2, 0.25) is 0 Å². The molecule has 108 valence electrons. The van der Waals surface area contributed by atoms with Gasteiger partial charge in [-0.1, -0.05) is 36.4 Å². The summed E-state index contributed by atoms with van der Waals surface area (Å²) in [4.78, 5) is 12.4. The summed E-state index contributed by atoms with van der Waals surface area (Å²) in [5.74, 6) is -0.0188. The van der Waals surface area contributed by atoms with Gasteiger partial charge >= 0.3 is 0 Å². The van der Waals surface area contributed by atoms with Crippen LogP contribution in [-0.2, 0) is 17.8 Å². The van der Waals surface area contributed by atoms with E-state index in [-0.39, 0.29) is 11.9 Å². The molecular weight excluding hydrogens is 262 g/mol. The molecule has 0 aliphatic heterocycles. The van der Waals surface area contributed by atoms with Crippen molar-refractivity contribution in [1.29, 1.82) is 0 Å². The van der Waals surface area contributed by atoms with Gasteiger partial charge in [-0.15, -0.1) is 0 Å². The third-order valence-electron chi connectivity index (χ3n) is 3.94. The highest BCUT2D eigenvalue weighted by Crippen LogP contribution is 2.30. The Morgan fingerprint density at radius 2 is 2.10 bits per heavy atom. The monoisotopic (exact) mass is 281 g/mol. The highest BCUT2D eigenvalue weighted by Gasteiger charge is 2.23. The fourth-order valence-corrected chi connectivity index (χ4v) is 2.92. The molecule has 1 aliphatic rings. The number of hydrogen-bond donors (Lipinski definition) is 1. The second-order valence-corrected chi connectivity index (χ2v) is 5.40. The first kappa shape index (κ1) is 13.8. The molecule has 1 atom stereocenters. The Morgan fingerprint density at radius 1 is 1.24 bits per heavy atom. The van der Waals surface area contributed by atoms with Crippen LogP contribution in [0.15, 0.2) is 48.5 Å². The molecule has 3 rings (SSSR count). The standard InChI is InChI=1S/C18H19NO2/c1-21-12-13-5-4-7-15(11-13)18(20)19-17-10-9-14-6-2-3-8-16(14)17/h2-8,11,17H,9-10,12H2,1H3,(H,19,20). The van der Waals surface area contributed by atoms with E-state index in [0.717, 1.165) is 18.4 Å². The van der Waals surface area contributed by atoms with Crippen molar-refractivity contribution in [1.82, 2.24) is 5.32 Å². The fraction of sp³-hybridized carbons (Fsp3) is 0.278. The van der Waals surface area contributed by atoms with E-state index < -0.39 is 0 Å². The van der Waals surface area contributed by atoms with Gasteiger partial charge in [-0.05, 0) is 41.7 Å². The molecule has 0 bridgehead atoms. The first-order valence-corrected chi connectivity index (χ1v) is 7.24. The molecule has 1 amide bonds. The predicted octanol–water partition coefficient (Wildman–Crippen LogP) is 3.25. The lowest BCUT2D eigenvalue weighted by molar-refractivity contribution is 0.0936. The van der Waals surface area contributed by atoms with Crippen LogP contribution in [0.25, 0.3) is 0 Å². The molecule has 0 saturated carbocycles. The molecule has 0 heterocycles. The average molecular weight is 281 g/mol. The lowest BCUT2D eigenvalue weighted by atomic mass is 10.1. The summed E-state index contributed by atoms with van der Waals surface area (Å²) in [5.41, 5.74) is 4.29. The fourth-order valence-electron chi connectivity index (χ4n) is 2.92. The van der Waals surface area contributed by atoms with Gasteiger partial charge in [0.05, 0.1) is 12.6 Å². The smallest absolute Gasteiger partial charge is 0.251 e. The predicted molar refractivity (Wildman–Crippen MR) is 82.1 cm³/mol. The van der Waals surface area contributed by atoms with E-state index in [1.165, 1.54) is 11.1 Å². The van der Waals surface area contributed by atoms with Crippen LogP contribution in [-0.4, -0.2) is 13.0 Å². The molecule has 1 unspecified atom stereocenters. The number of nitrogens with one attached hydrogen (secondary N) is 1. The number of benzene rings is 2. The molecule has 21 heavy (non-hydrogen) atoms. The maximum atomic E-state index is 12.4. The molecule has 2 aromatic carbocycles. The topological polar surface area (TPSA) is 38.3 Å². The summed E-state index contributed by atoms with van der Waals surface area (Å²) in [6.07, 6.45) is 2.01. The number of ether oxygens (including phenoxy) is 1. The van der Waals surface area contributed by atoms with E-state index in [2.05, 4.69) is 23.5 Å². The number of carbonyl (C=O) groups is 1. The minimum Gasteiger partial charge on any atom is -0.380 e. The van der Waals surface area contributed by atoms with Gasteiger partial charge in [-0.2, -0.15) is 0 Å². The van der Waals surface area contributed by atoms with Crippen LogP contribution < -0.4 is 5.32 Å². The van der Waals surface area contributed by atoms with Crippen LogP contribution in [0.2, 0.25) is 0 Å². The van der Waals surface area contributed by atoms with Crippen LogP contribution in [0.5, 0.6) is 0 Å². The van der Waals surface area contributed by atoms with E-state index >= 15 is 0 Å². The summed E-state index contributed by atoms with van der Waals surface area (Å²) < 4.78 is 5.11. The van der Waals surface area contributed by atoms with Gasteiger partial charge in [0.1, 0.15) is 0 Å². The zero-order chi connectivity index (χ0) is 14.7. The average Bonchev–Trinajstić information content (AvgIpc) is 2.91. The molecular formula is C18H19NO2. The molecule has 0 radical (unpaired) electrons. The quantitative estimate of drug-likeness (QED) is 0.934. The van der Waals surface area contributed by atoms with Crippen molar-refractivity contribution in [3.63, 3.8) is 0 Å². The van der Waals surface area contributed by atoms with E-state index in [0.29, 0.717) is 12.2 Å². The number of carbonyl (C=O) groups excluding carboxylic acids is 1. The summed E-state index contributed by atoms with van der Waals surface area (Å²) in [7, 11) is 1.65. The molecule has 0 fully saturated rings. The molecule has 3 nitrogen and oxygen atoms in total. The zero-order valence-electron chi connectivity index (χ0n) is 12.1. The van der Waals surface area contributed by atoms with Crippen LogP contribution in [0, 0.1) is 0 Å². The van der Waals surface area contributed by atoms with Crippen molar-refractivity contribution in [3.05, 3.63) is 70.8 Å². The highest BCUT2D eigenvalue weighted by molar-refractivity contribution is 5.94. The molecule has 2 aromatic rings. The zero-order valence-corrected chi connectivity index (χ0v) is 12.1. The van der Waals surface area contributed by atoms with E-state index in [1.54, 1.807) is 7.11 Å². The van der Waals surface area contributed by atoms with Gasteiger partial charge in [0, 0.05) is 12.7 Å². The van der Waals surface area contributed by atoms with Crippen molar-refractivity contribution >= 4 is 5.91 Å². The molecule has 0 aromatic heterocycles. The lowest BCUT2D eigenvalue weighted by Crippen LogP contribution is -2.27.